The maximum Gasteiger partial charge on any atom is 0.313 e. The van der Waals surface area contributed by atoms with Crippen LogP contribution >= 0.6 is 23.1 Å². The number of carboxylic acids is 1. The lowest BCUT2D eigenvalue weighted by molar-refractivity contribution is -0.133. The van der Waals surface area contributed by atoms with Gasteiger partial charge in [0, 0.05) is 24.8 Å². The van der Waals surface area contributed by atoms with Gasteiger partial charge in [-0.05, 0) is 31.2 Å². The number of aliphatic carboxylic acids is 1. The SMILES string of the molecule is COC[C@H](C)Oc1cc(Oc2cccc(OC)c2)cc(C(=O)Nc2ncc(SCC(=O)O)s2)c1. The van der Waals surface area contributed by atoms with E-state index in [4.69, 9.17) is 24.1 Å². The van der Waals surface area contributed by atoms with Gasteiger partial charge in [0.2, 0.25) is 0 Å². The minimum absolute atomic E-state index is 0.0837. The summed E-state index contributed by atoms with van der Waals surface area (Å²) in [5, 5.41) is 11.9. The first-order chi connectivity index (χ1) is 16.4. The van der Waals surface area contributed by atoms with Crippen LogP contribution in [0, 0.1) is 0 Å². The molecule has 0 radical (unpaired) electrons. The number of thioether (sulfide) groups is 1. The van der Waals surface area contributed by atoms with Crippen molar-refractivity contribution in [2.45, 2.75) is 17.2 Å². The van der Waals surface area contributed by atoms with Crippen molar-refractivity contribution in [1.29, 1.82) is 0 Å². The molecule has 2 aromatic carbocycles. The number of hydrogen-bond donors (Lipinski definition) is 2. The van der Waals surface area contributed by atoms with Gasteiger partial charge in [-0.15, -0.1) is 11.8 Å². The number of amides is 1. The van der Waals surface area contributed by atoms with Gasteiger partial charge in [-0.3, -0.25) is 14.9 Å². The number of benzene rings is 2. The van der Waals surface area contributed by atoms with E-state index in [9.17, 15) is 9.59 Å². The average molecular weight is 505 g/mol. The lowest BCUT2D eigenvalue weighted by Gasteiger charge is -2.16. The molecular weight excluding hydrogens is 480 g/mol. The Labute approximate surface area is 205 Å². The number of anilines is 1. The van der Waals surface area contributed by atoms with Crippen LogP contribution in [-0.4, -0.2) is 54.7 Å². The third-order valence-corrected chi connectivity index (χ3v) is 6.29. The molecule has 1 aromatic heterocycles. The Morgan fingerprint density at radius 2 is 1.85 bits per heavy atom. The molecule has 0 aliphatic rings. The standard InChI is InChI=1S/C23H24N2O7S2/c1-14(12-29-2)31-18-7-15(8-19(10-18)32-17-6-4-5-16(9-17)30-3)22(28)25-23-24-11-21(34-23)33-13-20(26)27/h4-11,14H,12-13H2,1-3H3,(H,26,27)(H,24,25,28)/t14-/m0/s1. The number of carbonyl (C=O) groups excluding carboxylic acids is 1. The maximum atomic E-state index is 13.0. The van der Waals surface area contributed by atoms with Crippen molar-refractivity contribution in [3.8, 4) is 23.0 Å². The fourth-order valence-corrected chi connectivity index (χ4v) is 4.40. The normalized spacial score (nSPS) is 11.5. The van der Waals surface area contributed by atoms with Crippen LogP contribution < -0.4 is 19.5 Å². The first-order valence-electron chi connectivity index (χ1n) is 10.1. The van der Waals surface area contributed by atoms with Crippen molar-refractivity contribution in [2.24, 2.45) is 0 Å². The second-order valence-corrected chi connectivity index (χ2v) is 9.29. The van der Waals surface area contributed by atoms with Gasteiger partial charge in [-0.2, -0.15) is 0 Å². The molecule has 3 aromatic rings. The Balaban J connectivity index is 1.81. The summed E-state index contributed by atoms with van der Waals surface area (Å²) in [6.07, 6.45) is 1.28. The first-order valence-corrected chi connectivity index (χ1v) is 11.9. The summed E-state index contributed by atoms with van der Waals surface area (Å²) >= 11 is 2.33. The Morgan fingerprint density at radius 1 is 1.12 bits per heavy atom. The number of carbonyl (C=O) groups is 2. The summed E-state index contributed by atoms with van der Waals surface area (Å²) in [4.78, 5) is 27.8. The highest BCUT2D eigenvalue weighted by molar-refractivity contribution is 8.01. The summed E-state index contributed by atoms with van der Waals surface area (Å²) in [6, 6.07) is 12.0. The molecule has 1 atom stereocenters. The summed E-state index contributed by atoms with van der Waals surface area (Å²) < 4.78 is 22.9. The number of nitrogens with one attached hydrogen (secondary N) is 1. The second-order valence-electron chi connectivity index (χ2n) is 6.98. The van der Waals surface area contributed by atoms with Crippen molar-refractivity contribution >= 4 is 40.1 Å². The molecule has 0 aliphatic carbocycles. The van der Waals surface area contributed by atoms with E-state index in [0.717, 1.165) is 11.8 Å². The van der Waals surface area contributed by atoms with Crippen molar-refractivity contribution in [3.05, 3.63) is 54.2 Å². The fourth-order valence-electron chi connectivity index (χ4n) is 2.82. The highest BCUT2D eigenvalue weighted by Gasteiger charge is 2.15. The highest BCUT2D eigenvalue weighted by Crippen LogP contribution is 2.31. The number of ether oxygens (including phenoxy) is 4. The molecule has 0 saturated heterocycles. The molecule has 9 nitrogen and oxygen atoms in total. The number of hydrogen-bond acceptors (Lipinski definition) is 9. The maximum absolute atomic E-state index is 13.0. The van der Waals surface area contributed by atoms with Crippen LogP contribution in [0.2, 0.25) is 0 Å². The van der Waals surface area contributed by atoms with Gasteiger partial charge in [-0.25, -0.2) is 4.98 Å². The number of nitrogens with zero attached hydrogens (tertiary/aromatic N) is 1. The minimum atomic E-state index is -0.924. The van der Waals surface area contributed by atoms with Gasteiger partial charge in [-0.1, -0.05) is 17.4 Å². The lowest BCUT2D eigenvalue weighted by Crippen LogP contribution is -2.18. The molecule has 34 heavy (non-hydrogen) atoms. The van der Waals surface area contributed by atoms with Gasteiger partial charge in [0.15, 0.2) is 5.13 Å². The summed E-state index contributed by atoms with van der Waals surface area (Å²) in [7, 11) is 3.15. The van der Waals surface area contributed by atoms with E-state index in [0.29, 0.717) is 44.5 Å². The van der Waals surface area contributed by atoms with Gasteiger partial charge in [0.25, 0.3) is 5.91 Å². The zero-order valence-electron chi connectivity index (χ0n) is 18.8. The molecule has 3 rings (SSSR count). The Hall–Kier alpha value is -3.28. The number of carboxylic acid groups (broad SMARTS) is 1. The van der Waals surface area contributed by atoms with E-state index >= 15 is 0 Å². The van der Waals surface area contributed by atoms with Crippen molar-refractivity contribution in [1.82, 2.24) is 4.98 Å². The van der Waals surface area contributed by atoms with E-state index in [1.807, 2.05) is 6.92 Å². The van der Waals surface area contributed by atoms with E-state index in [1.165, 1.54) is 17.5 Å². The predicted octanol–water partition coefficient (Wildman–Crippen LogP) is 4.79. The van der Waals surface area contributed by atoms with E-state index in [-0.39, 0.29) is 11.9 Å². The van der Waals surface area contributed by atoms with Gasteiger partial charge >= 0.3 is 5.97 Å². The summed E-state index contributed by atoms with van der Waals surface area (Å²) in [6.45, 7) is 2.23. The molecule has 1 heterocycles. The summed E-state index contributed by atoms with van der Waals surface area (Å²) in [5.41, 5.74) is 0.301. The first kappa shape index (κ1) is 25.3. The van der Waals surface area contributed by atoms with Crippen molar-refractivity contribution in [2.75, 3.05) is 31.9 Å². The van der Waals surface area contributed by atoms with Crippen molar-refractivity contribution < 1.29 is 33.6 Å². The number of rotatable bonds is 12. The zero-order chi connectivity index (χ0) is 24.5. The van der Waals surface area contributed by atoms with Gasteiger partial charge in [0.05, 0.1) is 29.9 Å². The summed E-state index contributed by atoms with van der Waals surface area (Å²) in [5.74, 6) is 0.588. The van der Waals surface area contributed by atoms with Crippen LogP contribution in [0.25, 0.3) is 0 Å². The molecule has 1 amide bonds. The van der Waals surface area contributed by atoms with Crippen LogP contribution in [0.15, 0.2) is 52.9 Å². The van der Waals surface area contributed by atoms with Crippen LogP contribution in [0.1, 0.15) is 17.3 Å². The molecular formula is C23H24N2O7S2. The minimum Gasteiger partial charge on any atom is -0.497 e. The van der Waals surface area contributed by atoms with E-state index in [2.05, 4.69) is 10.3 Å². The molecule has 0 bridgehead atoms. The zero-order valence-corrected chi connectivity index (χ0v) is 20.4. The number of thiazole rings is 1. The van der Waals surface area contributed by atoms with Crippen molar-refractivity contribution in [3.63, 3.8) is 0 Å². The lowest BCUT2D eigenvalue weighted by atomic mass is 10.2. The van der Waals surface area contributed by atoms with E-state index in [1.54, 1.807) is 56.7 Å². The third kappa shape index (κ3) is 7.65. The Morgan fingerprint density at radius 3 is 2.59 bits per heavy atom. The fraction of sp³-hybridized carbons (Fsp3) is 0.261. The highest BCUT2D eigenvalue weighted by atomic mass is 32.2. The molecule has 0 saturated carbocycles. The van der Waals surface area contributed by atoms with Crippen LogP contribution in [0.4, 0.5) is 5.13 Å². The second kappa shape index (κ2) is 12.3. The molecule has 11 heteroatoms. The topological polar surface area (TPSA) is 116 Å². The predicted molar refractivity (Wildman–Crippen MR) is 130 cm³/mol. The molecule has 0 fully saturated rings. The largest absolute Gasteiger partial charge is 0.497 e. The molecule has 2 N–H and O–H groups in total. The quantitative estimate of drug-likeness (QED) is 0.336. The Kier molecular flexibility index (Phi) is 9.14. The molecule has 0 aliphatic heterocycles. The monoisotopic (exact) mass is 504 g/mol. The van der Waals surface area contributed by atoms with Crippen LogP contribution in [0.5, 0.6) is 23.0 Å². The van der Waals surface area contributed by atoms with E-state index < -0.39 is 11.9 Å². The number of aromatic nitrogens is 1. The molecule has 0 spiro atoms. The smallest absolute Gasteiger partial charge is 0.313 e. The van der Waals surface area contributed by atoms with Gasteiger partial charge in [0.1, 0.15) is 29.1 Å². The van der Waals surface area contributed by atoms with Crippen LogP contribution in [-0.2, 0) is 9.53 Å². The Bertz CT molecular complexity index is 1140. The molecule has 180 valence electrons. The number of methoxy groups -OCH3 is 2. The average Bonchev–Trinajstić information content (AvgIpc) is 3.25. The third-order valence-electron chi connectivity index (χ3n) is 4.20. The van der Waals surface area contributed by atoms with Gasteiger partial charge < -0.3 is 24.1 Å². The molecule has 0 unspecified atom stereocenters. The van der Waals surface area contributed by atoms with Crippen LogP contribution in [0.3, 0.4) is 0 Å².